The van der Waals surface area contributed by atoms with Gasteiger partial charge in [0.05, 0.1) is 0 Å². The fourth-order valence-corrected chi connectivity index (χ4v) is 0.974. The van der Waals surface area contributed by atoms with E-state index in [1.807, 2.05) is 0 Å². The van der Waals surface area contributed by atoms with Crippen LogP contribution in [0.25, 0.3) is 0 Å². The highest BCUT2D eigenvalue weighted by molar-refractivity contribution is 5.87. The summed E-state index contributed by atoms with van der Waals surface area (Å²) in [6, 6.07) is 0. The number of ether oxygens (including phenoxy) is 1. The lowest BCUT2D eigenvalue weighted by Gasteiger charge is -2.23. The summed E-state index contributed by atoms with van der Waals surface area (Å²) in [6.45, 7) is 9.91. The molecule has 0 aliphatic rings. The molecule has 0 aromatic carbocycles. The Bertz CT molecular complexity index is 239. The van der Waals surface area contributed by atoms with Crippen LogP contribution < -0.4 is 0 Å². The molecule has 0 unspecified atom stereocenters. The van der Waals surface area contributed by atoms with Crippen molar-refractivity contribution >= 4 is 11.8 Å². The lowest BCUT2D eigenvalue weighted by molar-refractivity contribution is -0.153. The van der Waals surface area contributed by atoms with Crippen molar-refractivity contribution in [1.82, 2.24) is 0 Å². The summed E-state index contributed by atoms with van der Waals surface area (Å²) in [5.41, 5.74) is -0.390. The van der Waals surface area contributed by atoms with Crippen molar-refractivity contribution in [3.05, 3.63) is 12.2 Å². The van der Waals surface area contributed by atoms with Gasteiger partial charge in [0.15, 0.2) is 0 Å². The van der Waals surface area contributed by atoms with E-state index in [1.54, 1.807) is 20.8 Å². The van der Waals surface area contributed by atoms with Crippen molar-refractivity contribution in [1.29, 1.82) is 0 Å². The third-order valence-electron chi connectivity index (χ3n) is 1.39. The zero-order valence-corrected chi connectivity index (χ0v) is 8.64. The van der Waals surface area contributed by atoms with E-state index < -0.39 is 11.6 Å². The quantitative estimate of drug-likeness (QED) is 0.494. The van der Waals surface area contributed by atoms with Gasteiger partial charge in [0.2, 0.25) is 0 Å². The Morgan fingerprint density at radius 2 is 1.77 bits per heavy atom. The van der Waals surface area contributed by atoms with Crippen molar-refractivity contribution in [2.75, 3.05) is 0 Å². The summed E-state index contributed by atoms with van der Waals surface area (Å²) in [7, 11) is 0. The van der Waals surface area contributed by atoms with Gasteiger partial charge in [-0.05, 0) is 27.7 Å². The molecule has 0 bridgehead atoms. The zero-order chi connectivity index (χ0) is 10.6. The number of rotatable bonds is 4. The van der Waals surface area contributed by atoms with Gasteiger partial charge in [-0.3, -0.25) is 4.79 Å². The van der Waals surface area contributed by atoms with Gasteiger partial charge in [0, 0.05) is 12.0 Å². The number of ketones is 1. The van der Waals surface area contributed by atoms with Crippen LogP contribution in [-0.2, 0) is 14.3 Å². The third kappa shape index (κ3) is 5.17. The smallest absolute Gasteiger partial charge is 0.333 e. The maximum absolute atomic E-state index is 11.1. The highest BCUT2D eigenvalue weighted by Crippen LogP contribution is 2.16. The Morgan fingerprint density at radius 3 is 2.08 bits per heavy atom. The topological polar surface area (TPSA) is 43.4 Å². The van der Waals surface area contributed by atoms with E-state index in [-0.39, 0.29) is 12.2 Å². The molecule has 0 aromatic rings. The van der Waals surface area contributed by atoms with Gasteiger partial charge >= 0.3 is 5.97 Å². The Morgan fingerprint density at radius 1 is 1.31 bits per heavy atom. The number of hydrogen-bond donors (Lipinski definition) is 0. The lowest BCUT2D eigenvalue weighted by atomic mass is 10.0. The number of Topliss-reactive ketones (excluding diaryl/α,β-unsaturated/α-hetero) is 1. The Balaban J connectivity index is 4.24. The first kappa shape index (κ1) is 11.9. The molecular formula is C10H16O3. The lowest BCUT2D eigenvalue weighted by Crippen LogP contribution is -2.30. The van der Waals surface area contributed by atoms with E-state index in [9.17, 15) is 9.59 Å². The van der Waals surface area contributed by atoms with Gasteiger partial charge in [-0.2, -0.15) is 0 Å². The fourth-order valence-electron chi connectivity index (χ4n) is 0.974. The zero-order valence-electron chi connectivity index (χ0n) is 8.64. The van der Waals surface area contributed by atoms with E-state index in [4.69, 9.17) is 4.74 Å². The molecule has 0 radical (unpaired) electrons. The predicted molar refractivity (Wildman–Crippen MR) is 50.3 cm³/mol. The van der Waals surface area contributed by atoms with Crippen LogP contribution in [-0.4, -0.2) is 17.4 Å². The van der Waals surface area contributed by atoms with E-state index in [0.29, 0.717) is 5.57 Å². The second-order valence-electron chi connectivity index (χ2n) is 3.81. The second-order valence-corrected chi connectivity index (χ2v) is 3.81. The molecule has 13 heavy (non-hydrogen) atoms. The molecule has 0 N–H and O–H groups in total. The van der Waals surface area contributed by atoms with Crippen LogP contribution in [0, 0.1) is 0 Å². The third-order valence-corrected chi connectivity index (χ3v) is 1.39. The van der Waals surface area contributed by atoms with Gasteiger partial charge in [0.1, 0.15) is 11.4 Å². The van der Waals surface area contributed by atoms with Crippen LogP contribution in [0.4, 0.5) is 0 Å². The van der Waals surface area contributed by atoms with Crippen molar-refractivity contribution in [3.63, 3.8) is 0 Å². The molecule has 0 atom stereocenters. The summed E-state index contributed by atoms with van der Waals surface area (Å²) in [6.07, 6.45) is 0.228. The molecule has 0 heterocycles. The van der Waals surface area contributed by atoms with E-state index in [1.165, 1.54) is 6.92 Å². The Kier molecular flexibility index (Phi) is 3.85. The Labute approximate surface area is 78.8 Å². The molecule has 0 spiro atoms. The molecule has 0 aliphatic carbocycles. The number of carbonyl (C=O) groups is 2. The molecule has 0 saturated carbocycles. The Hall–Kier alpha value is -1.12. The number of carbonyl (C=O) groups excluding carboxylic acids is 2. The minimum Gasteiger partial charge on any atom is -0.456 e. The molecule has 0 saturated heterocycles. The van der Waals surface area contributed by atoms with Gasteiger partial charge in [0.25, 0.3) is 0 Å². The normalized spacial score (nSPS) is 10.8. The SMILES string of the molecule is C=C(C)C(=O)OC(C)(C)CC(C)=O. The molecule has 0 aromatic heterocycles. The summed E-state index contributed by atoms with van der Waals surface area (Å²) in [5, 5.41) is 0. The van der Waals surface area contributed by atoms with Gasteiger partial charge in [-0.1, -0.05) is 6.58 Å². The average Bonchev–Trinajstić information content (AvgIpc) is 1.81. The minimum atomic E-state index is -0.734. The monoisotopic (exact) mass is 184 g/mol. The first-order valence-corrected chi connectivity index (χ1v) is 4.13. The number of hydrogen-bond acceptors (Lipinski definition) is 3. The fraction of sp³-hybridized carbons (Fsp3) is 0.600. The van der Waals surface area contributed by atoms with Crippen LogP contribution in [0.1, 0.15) is 34.1 Å². The molecular weight excluding hydrogens is 168 g/mol. The van der Waals surface area contributed by atoms with Crippen molar-refractivity contribution in [2.24, 2.45) is 0 Å². The van der Waals surface area contributed by atoms with Crippen LogP contribution in [0.2, 0.25) is 0 Å². The molecule has 3 heteroatoms. The van der Waals surface area contributed by atoms with E-state index in [2.05, 4.69) is 6.58 Å². The summed E-state index contributed by atoms with van der Waals surface area (Å²) < 4.78 is 5.05. The first-order chi connectivity index (χ1) is 5.74. The van der Waals surface area contributed by atoms with Gasteiger partial charge < -0.3 is 4.74 Å². The second kappa shape index (κ2) is 4.21. The average molecular weight is 184 g/mol. The molecule has 74 valence electrons. The highest BCUT2D eigenvalue weighted by Gasteiger charge is 2.24. The van der Waals surface area contributed by atoms with Gasteiger partial charge in [-0.25, -0.2) is 4.79 Å². The first-order valence-electron chi connectivity index (χ1n) is 4.13. The van der Waals surface area contributed by atoms with E-state index >= 15 is 0 Å². The van der Waals surface area contributed by atoms with Gasteiger partial charge in [-0.15, -0.1) is 0 Å². The van der Waals surface area contributed by atoms with Crippen LogP contribution in [0.3, 0.4) is 0 Å². The minimum absolute atomic E-state index is 0.000449. The van der Waals surface area contributed by atoms with Crippen LogP contribution >= 0.6 is 0 Å². The molecule has 0 fully saturated rings. The van der Waals surface area contributed by atoms with Crippen molar-refractivity contribution in [2.45, 2.75) is 39.7 Å². The summed E-state index contributed by atoms with van der Waals surface area (Å²) >= 11 is 0. The van der Waals surface area contributed by atoms with Crippen LogP contribution in [0.15, 0.2) is 12.2 Å². The highest BCUT2D eigenvalue weighted by atomic mass is 16.6. The number of esters is 1. The van der Waals surface area contributed by atoms with Crippen molar-refractivity contribution in [3.8, 4) is 0 Å². The predicted octanol–water partition coefficient (Wildman–Crippen LogP) is 1.86. The standard InChI is InChI=1S/C10H16O3/c1-7(2)9(12)13-10(4,5)6-8(3)11/h1,6H2,2-5H3. The van der Waals surface area contributed by atoms with Crippen LogP contribution in [0.5, 0.6) is 0 Å². The maximum atomic E-state index is 11.1. The van der Waals surface area contributed by atoms with E-state index in [0.717, 1.165) is 0 Å². The molecule has 3 nitrogen and oxygen atoms in total. The molecule has 0 aliphatic heterocycles. The maximum Gasteiger partial charge on any atom is 0.333 e. The molecule has 0 rings (SSSR count). The largest absolute Gasteiger partial charge is 0.456 e. The van der Waals surface area contributed by atoms with Crippen molar-refractivity contribution < 1.29 is 14.3 Å². The molecule has 0 amide bonds. The summed E-state index contributed by atoms with van der Waals surface area (Å²) in [5.74, 6) is -0.453. The summed E-state index contributed by atoms with van der Waals surface area (Å²) in [4.78, 5) is 21.9.